The largest absolute Gasteiger partial charge is 0.330 e. The van der Waals surface area contributed by atoms with Crippen molar-refractivity contribution in [2.45, 2.75) is 39.3 Å². The highest BCUT2D eigenvalue weighted by Crippen LogP contribution is 2.20. The average molecular weight is 244 g/mol. The minimum atomic E-state index is 0.551. The van der Waals surface area contributed by atoms with Gasteiger partial charge in [0, 0.05) is 36.6 Å². The van der Waals surface area contributed by atoms with Gasteiger partial charge >= 0.3 is 0 Å². The van der Waals surface area contributed by atoms with Gasteiger partial charge in [-0.3, -0.25) is 0 Å². The maximum absolute atomic E-state index is 5.34. The van der Waals surface area contributed by atoms with Crippen LogP contribution in [0.15, 0.2) is 6.20 Å². The normalized spacial score (nSPS) is 14.3. The predicted molar refractivity (Wildman–Crippen MR) is 73.4 cm³/mol. The van der Waals surface area contributed by atoms with Crippen LogP contribution in [0.5, 0.6) is 0 Å². The standard InChI is InChI=1S/C14H20N4/c1-4-8-18(5-2)14-16-10-12(11(3)17-14)9-15-13-6-7-13/h1,10,13,15H,5-9H2,2-3H3. The molecule has 0 spiro atoms. The van der Waals surface area contributed by atoms with Crippen LogP contribution < -0.4 is 10.2 Å². The molecule has 1 aromatic rings. The second-order valence-corrected chi connectivity index (χ2v) is 4.65. The Bertz CT molecular complexity index is 446. The third-order valence-corrected chi connectivity index (χ3v) is 3.17. The van der Waals surface area contributed by atoms with E-state index < -0.39 is 0 Å². The van der Waals surface area contributed by atoms with Gasteiger partial charge in [0.25, 0.3) is 0 Å². The maximum atomic E-state index is 5.34. The van der Waals surface area contributed by atoms with E-state index in [1.54, 1.807) is 0 Å². The first-order valence-corrected chi connectivity index (χ1v) is 6.49. The summed E-state index contributed by atoms with van der Waals surface area (Å²) in [4.78, 5) is 10.9. The van der Waals surface area contributed by atoms with Crippen molar-refractivity contribution < 1.29 is 0 Å². The molecular formula is C14H20N4. The van der Waals surface area contributed by atoms with Crippen molar-refractivity contribution in [2.75, 3.05) is 18.0 Å². The Morgan fingerprint density at radius 3 is 2.89 bits per heavy atom. The monoisotopic (exact) mass is 244 g/mol. The van der Waals surface area contributed by atoms with Crippen LogP contribution in [0.25, 0.3) is 0 Å². The lowest BCUT2D eigenvalue weighted by atomic mass is 10.2. The smallest absolute Gasteiger partial charge is 0.226 e. The molecule has 0 bridgehead atoms. The SMILES string of the molecule is C#CCN(CC)c1ncc(CNC2CC2)c(C)n1. The van der Waals surface area contributed by atoms with Gasteiger partial charge < -0.3 is 10.2 Å². The molecule has 1 saturated carbocycles. The molecule has 96 valence electrons. The summed E-state index contributed by atoms with van der Waals surface area (Å²) in [5, 5.41) is 3.48. The lowest BCUT2D eigenvalue weighted by Crippen LogP contribution is -2.26. The molecular weight excluding hydrogens is 224 g/mol. The van der Waals surface area contributed by atoms with Crippen molar-refractivity contribution in [3.8, 4) is 12.3 Å². The Kier molecular flexibility index (Phi) is 4.16. The molecule has 4 heteroatoms. The topological polar surface area (TPSA) is 41.1 Å². The minimum absolute atomic E-state index is 0.551. The van der Waals surface area contributed by atoms with E-state index in [0.29, 0.717) is 12.6 Å². The first-order chi connectivity index (χ1) is 8.74. The molecule has 2 rings (SSSR count). The third-order valence-electron chi connectivity index (χ3n) is 3.17. The first-order valence-electron chi connectivity index (χ1n) is 6.49. The van der Waals surface area contributed by atoms with Gasteiger partial charge in [0.1, 0.15) is 0 Å². The summed E-state index contributed by atoms with van der Waals surface area (Å²) in [5.41, 5.74) is 2.20. The molecule has 0 saturated heterocycles. The van der Waals surface area contributed by atoms with E-state index in [0.717, 1.165) is 24.7 Å². The van der Waals surface area contributed by atoms with Gasteiger partial charge in [-0.15, -0.1) is 6.42 Å². The lowest BCUT2D eigenvalue weighted by molar-refractivity contribution is 0.678. The molecule has 0 aliphatic heterocycles. The fraction of sp³-hybridized carbons (Fsp3) is 0.571. The molecule has 0 amide bonds. The van der Waals surface area contributed by atoms with Gasteiger partial charge in [-0.2, -0.15) is 0 Å². The molecule has 1 heterocycles. The summed E-state index contributed by atoms with van der Waals surface area (Å²) in [5.74, 6) is 3.36. The molecule has 0 unspecified atom stereocenters. The van der Waals surface area contributed by atoms with E-state index in [1.165, 1.54) is 18.4 Å². The fourth-order valence-electron chi connectivity index (χ4n) is 1.78. The van der Waals surface area contributed by atoms with E-state index in [9.17, 15) is 0 Å². The summed E-state index contributed by atoms with van der Waals surface area (Å²) < 4.78 is 0. The van der Waals surface area contributed by atoms with Gasteiger partial charge in [0.2, 0.25) is 5.95 Å². The van der Waals surface area contributed by atoms with Crippen molar-refractivity contribution in [2.24, 2.45) is 0 Å². The molecule has 1 N–H and O–H groups in total. The van der Waals surface area contributed by atoms with Crippen LogP contribution >= 0.6 is 0 Å². The molecule has 1 aromatic heterocycles. The number of aromatic nitrogens is 2. The van der Waals surface area contributed by atoms with Crippen molar-refractivity contribution in [3.05, 3.63) is 17.5 Å². The van der Waals surface area contributed by atoms with Crippen LogP contribution in [0.1, 0.15) is 31.0 Å². The van der Waals surface area contributed by atoms with Gasteiger partial charge in [-0.05, 0) is 26.7 Å². The Labute approximate surface area is 109 Å². The van der Waals surface area contributed by atoms with Crippen LogP contribution in [0, 0.1) is 19.3 Å². The average Bonchev–Trinajstić information content (AvgIpc) is 3.18. The van der Waals surface area contributed by atoms with Crippen molar-refractivity contribution in [1.29, 1.82) is 0 Å². The molecule has 1 aliphatic rings. The summed E-state index contributed by atoms with van der Waals surface area (Å²) in [6.07, 6.45) is 9.84. The number of anilines is 1. The van der Waals surface area contributed by atoms with Gasteiger partial charge in [-0.25, -0.2) is 9.97 Å². The zero-order valence-electron chi connectivity index (χ0n) is 11.1. The Balaban J connectivity index is 2.05. The summed E-state index contributed by atoms with van der Waals surface area (Å²) in [6, 6.07) is 0.706. The highest BCUT2D eigenvalue weighted by Gasteiger charge is 2.20. The van der Waals surface area contributed by atoms with E-state index in [-0.39, 0.29) is 0 Å². The van der Waals surface area contributed by atoms with E-state index >= 15 is 0 Å². The minimum Gasteiger partial charge on any atom is -0.330 e. The Morgan fingerprint density at radius 2 is 2.33 bits per heavy atom. The Hall–Kier alpha value is -1.60. The third kappa shape index (κ3) is 3.21. The highest BCUT2D eigenvalue weighted by molar-refractivity contribution is 5.34. The maximum Gasteiger partial charge on any atom is 0.226 e. The predicted octanol–water partition coefficient (Wildman–Crippen LogP) is 1.50. The summed E-state index contributed by atoms with van der Waals surface area (Å²) in [6.45, 7) is 6.31. The number of hydrogen-bond acceptors (Lipinski definition) is 4. The highest BCUT2D eigenvalue weighted by atomic mass is 15.2. The zero-order chi connectivity index (χ0) is 13.0. The molecule has 0 radical (unpaired) electrons. The molecule has 0 atom stereocenters. The molecule has 0 aromatic carbocycles. The molecule has 1 aliphatic carbocycles. The number of nitrogens with one attached hydrogen (secondary N) is 1. The molecule has 1 fully saturated rings. The second kappa shape index (κ2) is 5.83. The number of aryl methyl sites for hydroxylation is 1. The van der Waals surface area contributed by atoms with Crippen LogP contribution in [0.3, 0.4) is 0 Å². The Morgan fingerprint density at radius 1 is 1.56 bits per heavy atom. The summed E-state index contributed by atoms with van der Waals surface area (Å²) in [7, 11) is 0. The quantitative estimate of drug-likeness (QED) is 0.770. The van der Waals surface area contributed by atoms with E-state index in [4.69, 9.17) is 6.42 Å². The van der Waals surface area contributed by atoms with E-state index in [2.05, 4.69) is 28.1 Å². The lowest BCUT2D eigenvalue weighted by Gasteiger charge is -2.18. The van der Waals surface area contributed by atoms with Gasteiger partial charge in [0.05, 0.1) is 6.54 Å². The van der Waals surface area contributed by atoms with Gasteiger partial charge in [-0.1, -0.05) is 5.92 Å². The summed E-state index contributed by atoms with van der Waals surface area (Å²) >= 11 is 0. The number of rotatable bonds is 6. The van der Waals surface area contributed by atoms with E-state index in [1.807, 2.05) is 18.0 Å². The first kappa shape index (κ1) is 12.8. The van der Waals surface area contributed by atoms with Crippen LogP contribution in [-0.4, -0.2) is 29.1 Å². The number of nitrogens with zero attached hydrogens (tertiary/aromatic N) is 3. The zero-order valence-corrected chi connectivity index (χ0v) is 11.1. The number of hydrogen-bond donors (Lipinski definition) is 1. The van der Waals surface area contributed by atoms with Crippen molar-refractivity contribution in [1.82, 2.24) is 15.3 Å². The van der Waals surface area contributed by atoms with Crippen molar-refractivity contribution in [3.63, 3.8) is 0 Å². The second-order valence-electron chi connectivity index (χ2n) is 4.65. The van der Waals surface area contributed by atoms with Crippen molar-refractivity contribution >= 4 is 5.95 Å². The van der Waals surface area contributed by atoms with Gasteiger partial charge in [0.15, 0.2) is 0 Å². The number of terminal acetylenes is 1. The van der Waals surface area contributed by atoms with Crippen LogP contribution in [0.2, 0.25) is 0 Å². The fourth-order valence-corrected chi connectivity index (χ4v) is 1.78. The van der Waals surface area contributed by atoms with Crippen LogP contribution in [0.4, 0.5) is 5.95 Å². The molecule has 18 heavy (non-hydrogen) atoms. The molecule has 4 nitrogen and oxygen atoms in total. The van der Waals surface area contributed by atoms with Crippen LogP contribution in [-0.2, 0) is 6.54 Å².